The molecule has 0 nitrogen and oxygen atoms in total. The summed E-state index contributed by atoms with van der Waals surface area (Å²) >= 11 is 0. The molecule has 1 aliphatic rings. The van der Waals surface area contributed by atoms with E-state index in [0.29, 0.717) is 5.92 Å². The fourth-order valence-corrected chi connectivity index (χ4v) is 12.6. The van der Waals surface area contributed by atoms with E-state index in [4.69, 9.17) is 0 Å². The summed E-state index contributed by atoms with van der Waals surface area (Å²) in [7, 11) is -1.80. The maximum absolute atomic E-state index is 2.53. The van der Waals surface area contributed by atoms with Gasteiger partial charge in [0.15, 0.2) is 0 Å². The van der Waals surface area contributed by atoms with Gasteiger partial charge in [0.05, 0.1) is 0 Å². The summed E-state index contributed by atoms with van der Waals surface area (Å²) in [6.45, 7) is 23.8. The zero-order chi connectivity index (χ0) is 19.8. The Morgan fingerprint density at radius 3 is 1.58 bits per heavy atom. The molecule has 144 valence electrons. The van der Waals surface area contributed by atoms with Crippen LogP contribution in [0.1, 0.15) is 66.5 Å². The number of aryl methyl sites for hydroxylation is 2. The molecule has 0 saturated heterocycles. The molecule has 1 aromatic carbocycles. The SMILES string of the molecule is CC1=C(C)C(C)C([Si](CC(C)C)(CC(C)C)c2cc(C)cc(C)c2)=C1C. The summed E-state index contributed by atoms with van der Waals surface area (Å²) < 4.78 is 0. The average molecular weight is 369 g/mol. The zero-order valence-corrected chi connectivity index (χ0v) is 19.9. The van der Waals surface area contributed by atoms with E-state index in [1.54, 1.807) is 21.9 Å². The van der Waals surface area contributed by atoms with Crippen LogP contribution in [-0.2, 0) is 0 Å². The third-order valence-corrected chi connectivity index (χ3v) is 12.7. The molecule has 0 spiro atoms. The fraction of sp³-hybridized carbons (Fsp3) is 0.600. The summed E-state index contributed by atoms with van der Waals surface area (Å²) in [5.41, 5.74) is 7.62. The number of hydrogen-bond donors (Lipinski definition) is 0. The standard InChI is InChI=1S/C25H40Si/c1-16(2)14-26(15-17(3)4,24-12-18(5)11-19(6)13-24)25-22(9)20(7)21(8)23(25)10/h11-13,16-17,22H,14-15H2,1-10H3. The minimum absolute atomic E-state index is 0.611. The molecule has 2 rings (SSSR count). The monoisotopic (exact) mass is 368 g/mol. The first-order valence-corrected chi connectivity index (χ1v) is 12.9. The van der Waals surface area contributed by atoms with Gasteiger partial charge in [-0.25, -0.2) is 0 Å². The molecule has 0 fully saturated rings. The van der Waals surface area contributed by atoms with E-state index in [0.717, 1.165) is 11.8 Å². The van der Waals surface area contributed by atoms with Gasteiger partial charge < -0.3 is 0 Å². The van der Waals surface area contributed by atoms with E-state index in [1.807, 2.05) is 5.20 Å². The Morgan fingerprint density at radius 2 is 1.23 bits per heavy atom. The van der Waals surface area contributed by atoms with Crippen LogP contribution in [-0.4, -0.2) is 8.07 Å². The lowest BCUT2D eigenvalue weighted by Gasteiger charge is -2.40. The molecule has 1 aliphatic carbocycles. The fourth-order valence-electron chi connectivity index (χ4n) is 5.48. The van der Waals surface area contributed by atoms with Crippen LogP contribution in [0.5, 0.6) is 0 Å². The van der Waals surface area contributed by atoms with E-state index in [9.17, 15) is 0 Å². The lowest BCUT2D eigenvalue weighted by atomic mass is 10.1. The van der Waals surface area contributed by atoms with E-state index in [1.165, 1.54) is 23.2 Å². The highest BCUT2D eigenvalue weighted by Crippen LogP contribution is 2.46. The van der Waals surface area contributed by atoms with E-state index in [2.05, 4.69) is 87.4 Å². The van der Waals surface area contributed by atoms with Crippen molar-refractivity contribution in [3.05, 3.63) is 51.2 Å². The van der Waals surface area contributed by atoms with Gasteiger partial charge in [-0.3, -0.25) is 0 Å². The lowest BCUT2D eigenvalue weighted by molar-refractivity contribution is 0.678. The maximum Gasteiger partial charge on any atom is 0.115 e. The molecule has 0 aromatic heterocycles. The number of hydrogen-bond acceptors (Lipinski definition) is 0. The van der Waals surface area contributed by atoms with Crippen molar-refractivity contribution >= 4 is 13.3 Å². The highest BCUT2D eigenvalue weighted by atomic mass is 28.3. The predicted octanol–water partition coefficient (Wildman–Crippen LogP) is 7.11. The largest absolute Gasteiger partial charge is 0.115 e. The van der Waals surface area contributed by atoms with Gasteiger partial charge in [0.25, 0.3) is 0 Å². The number of rotatable bonds is 6. The van der Waals surface area contributed by atoms with Crippen molar-refractivity contribution < 1.29 is 0 Å². The van der Waals surface area contributed by atoms with E-state index in [-0.39, 0.29) is 0 Å². The van der Waals surface area contributed by atoms with Crippen LogP contribution < -0.4 is 5.19 Å². The van der Waals surface area contributed by atoms with Crippen LogP contribution in [0.3, 0.4) is 0 Å². The van der Waals surface area contributed by atoms with Gasteiger partial charge in [0.2, 0.25) is 0 Å². The normalized spacial score (nSPS) is 18.7. The molecule has 0 heterocycles. The molecule has 1 heteroatoms. The highest BCUT2D eigenvalue weighted by Gasteiger charge is 2.45. The summed E-state index contributed by atoms with van der Waals surface area (Å²) in [6, 6.07) is 10.1. The molecular weight excluding hydrogens is 328 g/mol. The van der Waals surface area contributed by atoms with Crippen molar-refractivity contribution in [1.29, 1.82) is 0 Å². The molecule has 0 radical (unpaired) electrons. The maximum atomic E-state index is 2.53. The highest BCUT2D eigenvalue weighted by molar-refractivity contribution is 6.98. The van der Waals surface area contributed by atoms with Crippen molar-refractivity contribution in [3.8, 4) is 0 Å². The molecule has 26 heavy (non-hydrogen) atoms. The first-order valence-electron chi connectivity index (χ1n) is 10.5. The van der Waals surface area contributed by atoms with Gasteiger partial charge in [-0.2, -0.15) is 0 Å². The Kier molecular flexibility index (Phi) is 6.43. The van der Waals surface area contributed by atoms with Crippen LogP contribution in [0, 0.1) is 31.6 Å². The second kappa shape index (κ2) is 7.88. The van der Waals surface area contributed by atoms with Gasteiger partial charge in [0, 0.05) is 0 Å². The molecule has 0 saturated carbocycles. The van der Waals surface area contributed by atoms with Gasteiger partial charge >= 0.3 is 0 Å². The second-order valence-electron chi connectivity index (χ2n) is 9.72. The van der Waals surface area contributed by atoms with Gasteiger partial charge in [-0.1, -0.05) is 85.5 Å². The summed E-state index contributed by atoms with van der Waals surface area (Å²) in [4.78, 5) is 0. The Hall–Kier alpha value is -1.08. The predicted molar refractivity (Wildman–Crippen MR) is 121 cm³/mol. The smallest absolute Gasteiger partial charge is 0.0657 e. The van der Waals surface area contributed by atoms with Crippen molar-refractivity contribution in [2.75, 3.05) is 0 Å². The third kappa shape index (κ3) is 3.93. The van der Waals surface area contributed by atoms with Crippen molar-refractivity contribution in [1.82, 2.24) is 0 Å². The molecule has 0 bridgehead atoms. The lowest BCUT2D eigenvalue weighted by Crippen LogP contribution is -2.53. The van der Waals surface area contributed by atoms with Crippen LogP contribution in [0.25, 0.3) is 0 Å². The number of allylic oxidation sites excluding steroid dienone is 4. The average Bonchev–Trinajstić information content (AvgIpc) is 2.68. The number of benzene rings is 1. The molecule has 1 atom stereocenters. The van der Waals surface area contributed by atoms with E-state index < -0.39 is 8.07 Å². The Bertz CT molecular complexity index is 700. The van der Waals surface area contributed by atoms with Crippen molar-refractivity contribution in [3.63, 3.8) is 0 Å². The Morgan fingerprint density at radius 1 is 0.769 bits per heavy atom. The minimum atomic E-state index is -1.80. The van der Waals surface area contributed by atoms with Crippen LogP contribution >= 0.6 is 0 Å². The van der Waals surface area contributed by atoms with Gasteiger partial charge in [-0.15, -0.1) is 0 Å². The molecule has 0 N–H and O–H groups in total. The van der Waals surface area contributed by atoms with Crippen molar-refractivity contribution in [2.45, 2.75) is 81.3 Å². The molecule has 0 aliphatic heterocycles. The van der Waals surface area contributed by atoms with Crippen molar-refractivity contribution in [2.24, 2.45) is 17.8 Å². The minimum Gasteiger partial charge on any atom is -0.0657 e. The summed E-state index contributed by atoms with van der Waals surface area (Å²) in [6.07, 6.45) is 0. The summed E-state index contributed by atoms with van der Waals surface area (Å²) in [5, 5.41) is 3.51. The molecular formula is C25H40Si. The third-order valence-electron chi connectivity index (χ3n) is 6.44. The second-order valence-corrected chi connectivity index (χ2v) is 13.8. The topological polar surface area (TPSA) is 0 Å². The van der Waals surface area contributed by atoms with Gasteiger partial charge in [0.1, 0.15) is 8.07 Å². The molecule has 1 aromatic rings. The first kappa shape index (κ1) is 21.2. The zero-order valence-electron chi connectivity index (χ0n) is 18.9. The Balaban J connectivity index is 2.80. The molecule has 0 amide bonds. The van der Waals surface area contributed by atoms with Crippen LogP contribution in [0.4, 0.5) is 0 Å². The van der Waals surface area contributed by atoms with E-state index >= 15 is 0 Å². The summed E-state index contributed by atoms with van der Waals surface area (Å²) in [5.74, 6) is 2.07. The quantitative estimate of drug-likeness (QED) is 0.469. The first-order chi connectivity index (χ1) is 12.0. The van der Waals surface area contributed by atoms with Crippen LogP contribution in [0.15, 0.2) is 40.1 Å². The Labute approximate surface area is 163 Å². The van der Waals surface area contributed by atoms with Gasteiger partial charge in [-0.05, 0) is 70.0 Å². The molecule has 1 unspecified atom stereocenters. The van der Waals surface area contributed by atoms with Crippen LogP contribution in [0.2, 0.25) is 12.1 Å².